The minimum absolute atomic E-state index is 0.380. The van der Waals surface area contributed by atoms with Crippen LogP contribution in [0, 0.1) is 6.92 Å². The number of piperidine rings is 1. The van der Waals surface area contributed by atoms with Crippen LogP contribution < -0.4 is 5.32 Å². The number of aromatic hydroxyl groups is 1. The van der Waals surface area contributed by atoms with E-state index in [1.54, 1.807) is 6.07 Å². The van der Waals surface area contributed by atoms with Gasteiger partial charge >= 0.3 is 0 Å². The van der Waals surface area contributed by atoms with Crippen LogP contribution in [0.5, 0.6) is 5.75 Å². The van der Waals surface area contributed by atoms with Crippen molar-refractivity contribution >= 4 is 11.6 Å². The van der Waals surface area contributed by atoms with Crippen molar-refractivity contribution in [1.29, 1.82) is 0 Å². The third kappa shape index (κ3) is 2.27. The van der Waals surface area contributed by atoms with E-state index in [0.29, 0.717) is 11.7 Å². The lowest BCUT2D eigenvalue weighted by Crippen LogP contribution is -2.28. The highest BCUT2D eigenvalue weighted by Gasteiger charge is 2.19. The van der Waals surface area contributed by atoms with Crippen molar-refractivity contribution in [2.45, 2.75) is 25.7 Å². The molecule has 1 fully saturated rings. The highest BCUT2D eigenvalue weighted by molar-refractivity contribution is 6.31. The molecular formula is C12H16ClNO. The number of phenolic OH excluding ortho intramolecular Hbond substituents is 1. The molecule has 1 aliphatic heterocycles. The molecule has 3 heteroatoms. The highest BCUT2D eigenvalue weighted by Crippen LogP contribution is 2.34. The Morgan fingerprint density at radius 1 is 1.47 bits per heavy atom. The van der Waals surface area contributed by atoms with Gasteiger partial charge < -0.3 is 10.4 Å². The molecule has 2 N–H and O–H groups in total. The number of halogens is 1. The van der Waals surface area contributed by atoms with Crippen LogP contribution in [-0.4, -0.2) is 18.2 Å². The second-order valence-corrected chi connectivity index (χ2v) is 4.61. The lowest BCUT2D eigenvalue weighted by Gasteiger charge is -2.24. The van der Waals surface area contributed by atoms with Crippen molar-refractivity contribution < 1.29 is 5.11 Å². The van der Waals surface area contributed by atoms with Gasteiger partial charge in [0.2, 0.25) is 0 Å². The average molecular weight is 226 g/mol. The Morgan fingerprint density at radius 2 is 2.27 bits per heavy atom. The van der Waals surface area contributed by atoms with Crippen LogP contribution >= 0.6 is 11.6 Å². The predicted octanol–water partition coefficient (Wildman–Crippen LogP) is 2.82. The number of rotatable bonds is 1. The summed E-state index contributed by atoms with van der Waals surface area (Å²) >= 11 is 6.07. The Hall–Kier alpha value is -0.730. The Labute approximate surface area is 95.3 Å². The Kier molecular flexibility index (Phi) is 3.17. The topological polar surface area (TPSA) is 32.3 Å². The van der Waals surface area contributed by atoms with Gasteiger partial charge in [0.05, 0.1) is 0 Å². The largest absolute Gasteiger partial charge is 0.508 e. The zero-order valence-electron chi connectivity index (χ0n) is 8.89. The van der Waals surface area contributed by atoms with E-state index in [0.717, 1.165) is 42.1 Å². The number of aryl methyl sites for hydroxylation is 1. The van der Waals surface area contributed by atoms with Crippen LogP contribution in [0.25, 0.3) is 0 Å². The molecular weight excluding hydrogens is 210 g/mol. The summed E-state index contributed by atoms with van der Waals surface area (Å²) in [6.45, 7) is 3.93. The van der Waals surface area contributed by atoms with Gasteiger partial charge in [0.15, 0.2) is 0 Å². The molecule has 0 amide bonds. The number of nitrogens with one attached hydrogen (secondary N) is 1. The summed E-state index contributed by atoms with van der Waals surface area (Å²) in [4.78, 5) is 0. The Bertz CT molecular complexity index is 359. The monoisotopic (exact) mass is 225 g/mol. The molecule has 1 aromatic rings. The molecule has 1 saturated heterocycles. The molecule has 1 aromatic carbocycles. The van der Waals surface area contributed by atoms with E-state index < -0.39 is 0 Å². The van der Waals surface area contributed by atoms with Gasteiger partial charge in [-0.05, 0) is 49.6 Å². The first kappa shape index (κ1) is 10.8. The van der Waals surface area contributed by atoms with Crippen LogP contribution in [0.4, 0.5) is 0 Å². The summed E-state index contributed by atoms with van der Waals surface area (Å²) < 4.78 is 0. The van der Waals surface area contributed by atoms with Gasteiger partial charge in [0, 0.05) is 17.5 Å². The van der Waals surface area contributed by atoms with Gasteiger partial charge in [-0.15, -0.1) is 0 Å². The molecule has 1 unspecified atom stereocenters. The van der Waals surface area contributed by atoms with Crippen molar-refractivity contribution in [1.82, 2.24) is 5.32 Å². The minimum atomic E-state index is 0.380. The van der Waals surface area contributed by atoms with Gasteiger partial charge in [0.1, 0.15) is 5.75 Å². The molecule has 0 bridgehead atoms. The van der Waals surface area contributed by atoms with Gasteiger partial charge in [-0.2, -0.15) is 0 Å². The molecule has 0 saturated carbocycles. The van der Waals surface area contributed by atoms with E-state index in [9.17, 15) is 5.11 Å². The fourth-order valence-corrected chi connectivity index (χ4v) is 2.30. The average Bonchev–Trinajstić information content (AvgIpc) is 2.25. The molecule has 0 radical (unpaired) electrons. The molecule has 1 atom stereocenters. The molecule has 0 spiro atoms. The predicted molar refractivity (Wildman–Crippen MR) is 62.7 cm³/mol. The fourth-order valence-electron chi connectivity index (χ4n) is 2.13. The summed E-state index contributed by atoms with van der Waals surface area (Å²) in [5.74, 6) is 0.780. The lowest BCUT2D eigenvalue weighted by molar-refractivity contribution is 0.425. The first-order chi connectivity index (χ1) is 7.18. The zero-order valence-corrected chi connectivity index (χ0v) is 9.64. The van der Waals surface area contributed by atoms with Crippen molar-refractivity contribution in [3.05, 3.63) is 28.3 Å². The van der Waals surface area contributed by atoms with Crippen molar-refractivity contribution in [3.63, 3.8) is 0 Å². The SMILES string of the molecule is Cc1cc(O)c(C2CCCNC2)cc1Cl. The van der Waals surface area contributed by atoms with E-state index in [4.69, 9.17) is 11.6 Å². The molecule has 1 heterocycles. The first-order valence-corrected chi connectivity index (χ1v) is 5.76. The fraction of sp³-hybridized carbons (Fsp3) is 0.500. The summed E-state index contributed by atoms with van der Waals surface area (Å²) in [6, 6.07) is 3.66. The molecule has 0 aliphatic carbocycles. The Morgan fingerprint density at radius 3 is 2.93 bits per heavy atom. The third-order valence-corrected chi connectivity index (χ3v) is 3.45. The van der Waals surface area contributed by atoms with Gasteiger partial charge in [-0.3, -0.25) is 0 Å². The van der Waals surface area contributed by atoms with Crippen LogP contribution in [0.15, 0.2) is 12.1 Å². The van der Waals surface area contributed by atoms with Crippen molar-refractivity contribution in [2.75, 3.05) is 13.1 Å². The van der Waals surface area contributed by atoms with Gasteiger partial charge in [-0.1, -0.05) is 11.6 Å². The van der Waals surface area contributed by atoms with Crippen LogP contribution in [0.1, 0.15) is 29.9 Å². The van der Waals surface area contributed by atoms with E-state index >= 15 is 0 Å². The van der Waals surface area contributed by atoms with Gasteiger partial charge in [0.25, 0.3) is 0 Å². The second-order valence-electron chi connectivity index (χ2n) is 4.20. The van der Waals surface area contributed by atoms with E-state index in [1.165, 1.54) is 0 Å². The second kappa shape index (κ2) is 4.42. The molecule has 1 aliphatic rings. The minimum Gasteiger partial charge on any atom is -0.508 e. The molecule has 82 valence electrons. The number of hydrogen-bond acceptors (Lipinski definition) is 2. The van der Waals surface area contributed by atoms with E-state index in [1.807, 2.05) is 13.0 Å². The zero-order chi connectivity index (χ0) is 10.8. The summed E-state index contributed by atoms with van der Waals surface area (Å²) in [6.07, 6.45) is 2.29. The van der Waals surface area contributed by atoms with E-state index in [-0.39, 0.29) is 0 Å². The molecule has 2 nitrogen and oxygen atoms in total. The maximum absolute atomic E-state index is 9.88. The molecule has 0 aromatic heterocycles. The number of phenols is 1. The Balaban J connectivity index is 2.30. The van der Waals surface area contributed by atoms with Gasteiger partial charge in [-0.25, -0.2) is 0 Å². The van der Waals surface area contributed by atoms with Crippen LogP contribution in [-0.2, 0) is 0 Å². The first-order valence-electron chi connectivity index (χ1n) is 5.38. The summed E-state index contributed by atoms with van der Waals surface area (Å²) in [7, 11) is 0. The van der Waals surface area contributed by atoms with Crippen molar-refractivity contribution in [3.8, 4) is 5.75 Å². The normalized spacial score (nSPS) is 21.6. The molecule has 15 heavy (non-hydrogen) atoms. The third-order valence-electron chi connectivity index (χ3n) is 3.04. The smallest absolute Gasteiger partial charge is 0.119 e. The van der Waals surface area contributed by atoms with Crippen LogP contribution in [0.3, 0.4) is 0 Å². The number of benzene rings is 1. The number of hydrogen-bond donors (Lipinski definition) is 2. The quantitative estimate of drug-likeness (QED) is 0.771. The summed E-state index contributed by atoms with van der Waals surface area (Å²) in [5.41, 5.74) is 1.92. The van der Waals surface area contributed by atoms with E-state index in [2.05, 4.69) is 5.32 Å². The molecule has 2 rings (SSSR count). The standard InChI is InChI=1S/C12H16ClNO/c1-8-5-12(15)10(6-11(8)13)9-3-2-4-14-7-9/h5-6,9,14-15H,2-4,7H2,1H3. The summed E-state index contributed by atoms with van der Waals surface area (Å²) in [5, 5.41) is 14.0. The lowest BCUT2D eigenvalue weighted by atomic mass is 9.90. The van der Waals surface area contributed by atoms with Crippen LogP contribution in [0.2, 0.25) is 5.02 Å². The maximum atomic E-state index is 9.88. The highest BCUT2D eigenvalue weighted by atomic mass is 35.5. The van der Waals surface area contributed by atoms with Crippen molar-refractivity contribution in [2.24, 2.45) is 0 Å². The maximum Gasteiger partial charge on any atom is 0.119 e.